The van der Waals surface area contributed by atoms with Crippen molar-refractivity contribution in [2.24, 2.45) is 0 Å². The molecule has 4 nitrogen and oxygen atoms in total. The number of para-hydroxylation sites is 1. The van der Waals surface area contributed by atoms with Crippen LogP contribution in [0.3, 0.4) is 0 Å². The molecule has 1 N–H and O–H groups in total. The van der Waals surface area contributed by atoms with Crippen LogP contribution in [0, 0.1) is 0 Å². The van der Waals surface area contributed by atoms with E-state index in [1.54, 1.807) is 24.3 Å². The van der Waals surface area contributed by atoms with Crippen LogP contribution in [0.4, 0.5) is 13.2 Å². The zero-order valence-corrected chi connectivity index (χ0v) is 11.6. The number of piperidine rings is 1. The van der Waals surface area contributed by atoms with E-state index in [0.29, 0.717) is 16.5 Å². The van der Waals surface area contributed by atoms with Crippen molar-refractivity contribution in [3.63, 3.8) is 0 Å². The summed E-state index contributed by atoms with van der Waals surface area (Å²) in [6.07, 6.45) is -4.39. The normalized spacial score (nSPS) is 18.6. The number of aliphatic hydroxyl groups is 1. The molecule has 0 bridgehead atoms. The Morgan fingerprint density at radius 2 is 1.86 bits per heavy atom. The molecular formula is C15H14F3NO3. The van der Waals surface area contributed by atoms with E-state index in [1.807, 2.05) is 0 Å². The molecule has 0 aliphatic carbocycles. The van der Waals surface area contributed by atoms with E-state index in [-0.39, 0.29) is 19.0 Å². The van der Waals surface area contributed by atoms with Crippen molar-refractivity contribution in [1.82, 2.24) is 4.90 Å². The maximum atomic E-state index is 12.8. The Balaban J connectivity index is 1.78. The zero-order valence-electron chi connectivity index (χ0n) is 11.6. The van der Waals surface area contributed by atoms with Gasteiger partial charge >= 0.3 is 6.18 Å². The zero-order chi connectivity index (χ0) is 16.0. The van der Waals surface area contributed by atoms with Crippen molar-refractivity contribution in [3.05, 3.63) is 36.1 Å². The minimum absolute atomic E-state index is 0.144. The summed E-state index contributed by atoms with van der Waals surface area (Å²) >= 11 is 0. The monoisotopic (exact) mass is 313 g/mol. The van der Waals surface area contributed by atoms with Gasteiger partial charge in [-0.2, -0.15) is 13.2 Å². The van der Waals surface area contributed by atoms with Crippen LogP contribution in [0.1, 0.15) is 23.2 Å². The van der Waals surface area contributed by atoms with Gasteiger partial charge in [-0.1, -0.05) is 18.2 Å². The number of hydrogen-bond donors (Lipinski definition) is 1. The van der Waals surface area contributed by atoms with Gasteiger partial charge < -0.3 is 14.4 Å². The molecule has 1 aliphatic heterocycles. The molecule has 7 heteroatoms. The Morgan fingerprint density at radius 3 is 2.50 bits per heavy atom. The Hall–Kier alpha value is -2.02. The van der Waals surface area contributed by atoms with E-state index in [2.05, 4.69) is 0 Å². The number of nitrogens with zero attached hydrogens (tertiary/aromatic N) is 1. The molecule has 0 saturated carbocycles. The van der Waals surface area contributed by atoms with Crippen LogP contribution in [-0.2, 0) is 0 Å². The lowest BCUT2D eigenvalue weighted by atomic mass is 9.90. The fourth-order valence-electron chi connectivity index (χ4n) is 2.68. The lowest BCUT2D eigenvalue weighted by Gasteiger charge is -2.39. The van der Waals surface area contributed by atoms with Gasteiger partial charge in [-0.25, -0.2) is 0 Å². The summed E-state index contributed by atoms with van der Waals surface area (Å²) in [5.41, 5.74) is -1.83. The van der Waals surface area contributed by atoms with Gasteiger partial charge in [0.15, 0.2) is 5.60 Å². The number of amides is 1. The van der Waals surface area contributed by atoms with Crippen molar-refractivity contribution in [1.29, 1.82) is 0 Å². The second-order valence-electron chi connectivity index (χ2n) is 5.47. The maximum absolute atomic E-state index is 12.8. The minimum atomic E-state index is -4.68. The first kappa shape index (κ1) is 14.9. The second-order valence-corrected chi connectivity index (χ2v) is 5.47. The van der Waals surface area contributed by atoms with Gasteiger partial charge in [0.05, 0.1) is 5.56 Å². The lowest BCUT2D eigenvalue weighted by molar-refractivity contribution is -0.271. The van der Waals surface area contributed by atoms with Gasteiger partial charge in [-0.3, -0.25) is 4.79 Å². The molecule has 1 amide bonds. The number of hydrogen-bond acceptors (Lipinski definition) is 3. The first-order chi connectivity index (χ1) is 10.3. The molecular weight excluding hydrogens is 299 g/mol. The van der Waals surface area contributed by atoms with Crippen LogP contribution >= 0.6 is 0 Å². The van der Waals surface area contributed by atoms with Crippen molar-refractivity contribution >= 4 is 16.9 Å². The Labute approximate surface area is 124 Å². The highest BCUT2D eigenvalue weighted by atomic mass is 19.4. The second kappa shape index (κ2) is 5.01. The van der Waals surface area contributed by atoms with E-state index in [1.165, 1.54) is 11.2 Å². The van der Waals surface area contributed by atoms with Crippen LogP contribution in [0.15, 0.2) is 34.9 Å². The maximum Gasteiger partial charge on any atom is 0.417 e. The fourth-order valence-corrected chi connectivity index (χ4v) is 2.68. The third kappa shape index (κ3) is 2.35. The summed E-state index contributed by atoms with van der Waals surface area (Å²) < 4.78 is 43.6. The molecule has 1 saturated heterocycles. The highest BCUT2D eigenvalue weighted by Gasteiger charge is 2.54. The number of likely N-dealkylation sites (tertiary alicyclic amines) is 1. The predicted octanol–water partition coefficient (Wildman–Crippen LogP) is 2.96. The highest BCUT2D eigenvalue weighted by Crippen LogP contribution is 2.38. The Morgan fingerprint density at radius 1 is 1.23 bits per heavy atom. The van der Waals surface area contributed by atoms with Crippen LogP contribution in [0.25, 0.3) is 11.0 Å². The molecule has 0 unspecified atom stereocenters. The van der Waals surface area contributed by atoms with Crippen LogP contribution in [0.2, 0.25) is 0 Å². The third-order valence-electron chi connectivity index (χ3n) is 4.12. The molecule has 22 heavy (non-hydrogen) atoms. The number of fused-ring (bicyclic) bond motifs is 1. The molecule has 2 heterocycles. The number of furan rings is 1. The van der Waals surface area contributed by atoms with Gasteiger partial charge in [0.2, 0.25) is 0 Å². The van der Waals surface area contributed by atoms with Crippen LogP contribution in [0.5, 0.6) is 0 Å². The Bertz CT molecular complexity index is 699. The topological polar surface area (TPSA) is 53.7 Å². The number of rotatable bonds is 1. The Kier molecular flexibility index (Phi) is 3.40. The van der Waals surface area contributed by atoms with Crippen LogP contribution < -0.4 is 0 Å². The summed E-state index contributed by atoms with van der Waals surface area (Å²) in [6, 6.07) is 6.96. The van der Waals surface area contributed by atoms with Gasteiger partial charge in [-0.15, -0.1) is 0 Å². The van der Waals surface area contributed by atoms with Crippen LogP contribution in [-0.4, -0.2) is 40.8 Å². The summed E-state index contributed by atoms with van der Waals surface area (Å²) in [4.78, 5) is 13.8. The number of halogens is 3. The van der Waals surface area contributed by atoms with E-state index in [9.17, 15) is 23.1 Å². The third-order valence-corrected chi connectivity index (χ3v) is 4.12. The fraction of sp³-hybridized carbons (Fsp3) is 0.400. The first-order valence-corrected chi connectivity index (χ1v) is 6.86. The van der Waals surface area contributed by atoms with Gasteiger partial charge in [0.1, 0.15) is 11.8 Å². The quantitative estimate of drug-likeness (QED) is 0.880. The molecule has 3 rings (SSSR count). The summed E-state index contributed by atoms with van der Waals surface area (Å²) in [7, 11) is 0. The smallest absolute Gasteiger partial charge is 0.417 e. The number of carbonyl (C=O) groups excluding carboxylic acids is 1. The van der Waals surface area contributed by atoms with E-state index in [4.69, 9.17) is 4.42 Å². The summed E-state index contributed by atoms with van der Waals surface area (Å²) in [5.74, 6) is -0.380. The number of carbonyl (C=O) groups is 1. The molecule has 1 aliphatic rings. The minimum Gasteiger partial charge on any atom is -0.463 e. The predicted molar refractivity (Wildman–Crippen MR) is 72.4 cm³/mol. The number of alkyl halides is 3. The molecule has 1 aromatic heterocycles. The largest absolute Gasteiger partial charge is 0.463 e. The van der Waals surface area contributed by atoms with Gasteiger partial charge in [-0.05, 0) is 6.07 Å². The standard InChI is InChI=1S/C15H14F3NO3/c16-15(17,18)14(21)5-7-19(8-6-14)13(20)11-9-22-12-4-2-1-3-10(11)12/h1-4,9,21H,5-8H2. The van der Waals surface area contributed by atoms with Gasteiger partial charge in [0, 0.05) is 31.3 Å². The van der Waals surface area contributed by atoms with Crippen molar-refractivity contribution < 1.29 is 27.5 Å². The van der Waals surface area contributed by atoms with Crippen molar-refractivity contribution in [2.45, 2.75) is 24.6 Å². The van der Waals surface area contributed by atoms with E-state index < -0.39 is 24.6 Å². The number of benzene rings is 1. The first-order valence-electron chi connectivity index (χ1n) is 6.86. The molecule has 118 valence electrons. The van der Waals surface area contributed by atoms with E-state index >= 15 is 0 Å². The molecule has 0 radical (unpaired) electrons. The molecule has 0 spiro atoms. The summed E-state index contributed by atoms with van der Waals surface area (Å²) in [6.45, 7) is -0.289. The summed E-state index contributed by atoms with van der Waals surface area (Å²) in [5, 5.41) is 10.3. The van der Waals surface area contributed by atoms with Crippen molar-refractivity contribution in [3.8, 4) is 0 Å². The van der Waals surface area contributed by atoms with Crippen molar-refractivity contribution in [2.75, 3.05) is 13.1 Å². The molecule has 1 aromatic carbocycles. The molecule has 2 aromatic rings. The molecule has 1 fully saturated rings. The lowest BCUT2D eigenvalue weighted by Crippen LogP contribution is -2.54. The average Bonchev–Trinajstić information content (AvgIpc) is 2.90. The van der Waals surface area contributed by atoms with E-state index in [0.717, 1.165) is 0 Å². The SMILES string of the molecule is O=C(c1coc2ccccc12)N1CCC(O)(C(F)(F)F)CC1. The van der Waals surface area contributed by atoms with Gasteiger partial charge in [0.25, 0.3) is 5.91 Å². The highest BCUT2D eigenvalue weighted by molar-refractivity contribution is 6.05. The average molecular weight is 313 g/mol. The molecule has 0 atom stereocenters.